The summed E-state index contributed by atoms with van der Waals surface area (Å²) in [6.45, 7) is 14.1. The maximum absolute atomic E-state index is 11.5. The lowest BCUT2D eigenvalue weighted by molar-refractivity contribution is -0.145. The standard InChI is InChI=1S/C16H32O4Si/c1-12(11-14(17)18-5)15-13(9-8-10-19-15)20-21(6,7)16(2,3)4/h12-13,15H,8-11H2,1-7H3/t12-,13+,15-/m1/s1. The van der Waals surface area contributed by atoms with Gasteiger partial charge in [0.2, 0.25) is 0 Å². The lowest BCUT2D eigenvalue weighted by Crippen LogP contribution is -2.50. The molecule has 0 unspecified atom stereocenters. The third-order valence-electron chi connectivity index (χ3n) is 4.84. The zero-order chi connectivity index (χ0) is 16.3. The second-order valence-corrected chi connectivity index (χ2v) is 12.4. The van der Waals surface area contributed by atoms with Crippen molar-refractivity contribution in [1.82, 2.24) is 0 Å². The number of hydrogen-bond acceptors (Lipinski definition) is 4. The molecule has 0 aliphatic carbocycles. The van der Waals surface area contributed by atoms with Gasteiger partial charge in [-0.1, -0.05) is 27.7 Å². The number of ether oxygens (including phenoxy) is 2. The van der Waals surface area contributed by atoms with E-state index in [4.69, 9.17) is 13.9 Å². The third kappa shape index (κ3) is 5.08. The van der Waals surface area contributed by atoms with E-state index in [0.29, 0.717) is 6.42 Å². The van der Waals surface area contributed by atoms with Crippen LogP contribution in [0.2, 0.25) is 18.1 Å². The Morgan fingerprint density at radius 3 is 2.52 bits per heavy atom. The Kier molecular flexibility index (Phi) is 6.44. The number of esters is 1. The SMILES string of the molecule is COC(=O)C[C@@H](C)[C@H]1OCCC[C@@H]1O[Si](C)(C)C(C)(C)C. The molecule has 1 fully saturated rings. The van der Waals surface area contributed by atoms with Crippen LogP contribution in [0.25, 0.3) is 0 Å². The molecule has 21 heavy (non-hydrogen) atoms. The van der Waals surface area contributed by atoms with Gasteiger partial charge in [0.05, 0.1) is 25.7 Å². The molecule has 1 heterocycles. The first-order valence-electron chi connectivity index (χ1n) is 7.94. The molecule has 0 amide bonds. The summed E-state index contributed by atoms with van der Waals surface area (Å²) in [4.78, 5) is 11.5. The quantitative estimate of drug-likeness (QED) is 0.572. The van der Waals surface area contributed by atoms with Crippen LogP contribution in [0.15, 0.2) is 0 Å². The molecule has 3 atom stereocenters. The van der Waals surface area contributed by atoms with E-state index in [9.17, 15) is 4.79 Å². The molecular weight excluding hydrogens is 284 g/mol. The summed E-state index contributed by atoms with van der Waals surface area (Å²) in [6, 6.07) is 0. The van der Waals surface area contributed by atoms with Crippen molar-refractivity contribution in [2.75, 3.05) is 13.7 Å². The van der Waals surface area contributed by atoms with Gasteiger partial charge >= 0.3 is 5.97 Å². The van der Waals surface area contributed by atoms with E-state index in [1.54, 1.807) is 0 Å². The molecule has 0 saturated carbocycles. The normalized spacial score (nSPS) is 25.5. The zero-order valence-electron chi connectivity index (χ0n) is 14.7. The van der Waals surface area contributed by atoms with E-state index in [-0.39, 0.29) is 29.1 Å². The van der Waals surface area contributed by atoms with Crippen LogP contribution in [-0.2, 0) is 18.7 Å². The summed E-state index contributed by atoms with van der Waals surface area (Å²) in [6.07, 6.45) is 2.52. The highest BCUT2D eigenvalue weighted by atomic mass is 28.4. The van der Waals surface area contributed by atoms with Crippen LogP contribution >= 0.6 is 0 Å². The van der Waals surface area contributed by atoms with Gasteiger partial charge in [-0.2, -0.15) is 0 Å². The Balaban J connectivity index is 2.76. The summed E-state index contributed by atoms with van der Waals surface area (Å²) in [7, 11) is -0.393. The van der Waals surface area contributed by atoms with Crippen LogP contribution in [-0.4, -0.2) is 40.2 Å². The highest BCUT2D eigenvalue weighted by Crippen LogP contribution is 2.39. The van der Waals surface area contributed by atoms with Crippen LogP contribution in [0.4, 0.5) is 0 Å². The third-order valence-corrected chi connectivity index (χ3v) is 9.34. The van der Waals surface area contributed by atoms with Gasteiger partial charge < -0.3 is 13.9 Å². The summed E-state index contributed by atoms with van der Waals surface area (Å²) < 4.78 is 17.3. The largest absolute Gasteiger partial charge is 0.469 e. The number of carbonyl (C=O) groups excluding carboxylic acids is 1. The second kappa shape index (κ2) is 7.25. The van der Waals surface area contributed by atoms with Crippen LogP contribution in [0.1, 0.15) is 47.0 Å². The van der Waals surface area contributed by atoms with Gasteiger partial charge in [-0.05, 0) is 36.9 Å². The Labute approximate surface area is 130 Å². The lowest BCUT2D eigenvalue weighted by Gasteiger charge is -2.44. The number of rotatable bonds is 5. The van der Waals surface area contributed by atoms with Crippen molar-refractivity contribution < 1.29 is 18.7 Å². The molecular formula is C16H32O4Si. The van der Waals surface area contributed by atoms with Crippen LogP contribution in [0.3, 0.4) is 0 Å². The molecule has 0 aromatic rings. The van der Waals surface area contributed by atoms with E-state index >= 15 is 0 Å². The molecule has 124 valence electrons. The minimum absolute atomic E-state index is 0.00743. The van der Waals surface area contributed by atoms with Crippen molar-refractivity contribution in [3.63, 3.8) is 0 Å². The first-order valence-corrected chi connectivity index (χ1v) is 10.9. The molecule has 5 heteroatoms. The smallest absolute Gasteiger partial charge is 0.305 e. The monoisotopic (exact) mass is 316 g/mol. The highest BCUT2D eigenvalue weighted by molar-refractivity contribution is 6.74. The van der Waals surface area contributed by atoms with Gasteiger partial charge in [-0.15, -0.1) is 0 Å². The highest BCUT2D eigenvalue weighted by Gasteiger charge is 2.42. The molecule has 0 aromatic carbocycles. The number of carbonyl (C=O) groups is 1. The lowest BCUT2D eigenvalue weighted by atomic mass is 9.92. The maximum atomic E-state index is 11.5. The topological polar surface area (TPSA) is 44.8 Å². The van der Waals surface area contributed by atoms with Crippen LogP contribution in [0.5, 0.6) is 0 Å². The van der Waals surface area contributed by atoms with Crippen molar-refractivity contribution in [2.45, 2.75) is 77.3 Å². The summed E-state index contributed by atoms with van der Waals surface area (Å²) in [5, 5.41) is 0.181. The van der Waals surface area contributed by atoms with E-state index in [1.807, 2.05) is 0 Å². The fourth-order valence-corrected chi connectivity index (χ4v) is 3.81. The van der Waals surface area contributed by atoms with Crippen LogP contribution in [0, 0.1) is 5.92 Å². The molecule has 4 nitrogen and oxygen atoms in total. The first kappa shape index (κ1) is 18.7. The molecule has 1 aliphatic rings. The Hall–Kier alpha value is -0.393. The molecule has 0 radical (unpaired) electrons. The van der Waals surface area contributed by atoms with Crippen molar-refractivity contribution in [2.24, 2.45) is 5.92 Å². The summed E-state index contributed by atoms with van der Waals surface area (Å²) in [5.74, 6) is -0.0599. The Morgan fingerprint density at radius 1 is 1.38 bits per heavy atom. The van der Waals surface area contributed by atoms with Gasteiger partial charge in [0, 0.05) is 6.61 Å². The fraction of sp³-hybridized carbons (Fsp3) is 0.938. The molecule has 1 saturated heterocycles. The van der Waals surface area contributed by atoms with Gasteiger partial charge in [0.15, 0.2) is 8.32 Å². The molecule has 0 aromatic heterocycles. The molecule has 1 rings (SSSR count). The molecule has 0 spiro atoms. The van der Waals surface area contributed by atoms with Gasteiger partial charge in [0.25, 0.3) is 0 Å². The van der Waals surface area contributed by atoms with E-state index in [0.717, 1.165) is 19.4 Å². The van der Waals surface area contributed by atoms with E-state index in [1.165, 1.54) is 7.11 Å². The number of methoxy groups -OCH3 is 1. The summed E-state index contributed by atoms with van der Waals surface area (Å²) >= 11 is 0. The summed E-state index contributed by atoms with van der Waals surface area (Å²) in [5.41, 5.74) is 0. The van der Waals surface area contributed by atoms with Gasteiger partial charge in [0.1, 0.15) is 0 Å². The van der Waals surface area contributed by atoms with Crippen molar-refractivity contribution in [3.8, 4) is 0 Å². The fourth-order valence-electron chi connectivity index (χ4n) is 2.45. The average molecular weight is 317 g/mol. The molecule has 1 aliphatic heterocycles. The van der Waals surface area contributed by atoms with Crippen molar-refractivity contribution in [3.05, 3.63) is 0 Å². The second-order valence-electron chi connectivity index (χ2n) is 7.65. The minimum Gasteiger partial charge on any atom is -0.469 e. The van der Waals surface area contributed by atoms with E-state index < -0.39 is 8.32 Å². The average Bonchev–Trinajstić information content (AvgIpc) is 2.37. The molecule has 0 N–H and O–H groups in total. The molecule has 0 bridgehead atoms. The predicted octanol–water partition coefficient (Wildman–Crippen LogP) is 3.76. The van der Waals surface area contributed by atoms with E-state index in [2.05, 4.69) is 40.8 Å². The Morgan fingerprint density at radius 2 is 2.00 bits per heavy atom. The first-order chi connectivity index (χ1) is 9.58. The maximum Gasteiger partial charge on any atom is 0.305 e. The predicted molar refractivity (Wildman–Crippen MR) is 86.8 cm³/mol. The van der Waals surface area contributed by atoms with Gasteiger partial charge in [-0.3, -0.25) is 4.79 Å². The van der Waals surface area contributed by atoms with Gasteiger partial charge in [-0.25, -0.2) is 0 Å². The van der Waals surface area contributed by atoms with Crippen molar-refractivity contribution in [1.29, 1.82) is 0 Å². The number of hydrogen-bond donors (Lipinski definition) is 0. The van der Waals surface area contributed by atoms with Crippen LogP contribution < -0.4 is 0 Å². The van der Waals surface area contributed by atoms with Crippen molar-refractivity contribution >= 4 is 14.3 Å². The minimum atomic E-state index is -1.82. The zero-order valence-corrected chi connectivity index (χ0v) is 15.7. The Bertz CT molecular complexity index is 349.